The first kappa shape index (κ1) is 13.5. The number of nitrogens with zero attached hydrogens (tertiary/aromatic N) is 2. The second kappa shape index (κ2) is 4.99. The summed E-state index contributed by atoms with van der Waals surface area (Å²) in [5, 5.41) is 8.71. The zero-order valence-electron chi connectivity index (χ0n) is 9.87. The van der Waals surface area contributed by atoms with Crippen molar-refractivity contribution in [1.29, 1.82) is 5.26 Å². The van der Waals surface area contributed by atoms with Crippen LogP contribution >= 0.6 is 11.3 Å². The van der Waals surface area contributed by atoms with E-state index < -0.39 is 15.8 Å². The molecule has 0 saturated carbocycles. The van der Waals surface area contributed by atoms with Gasteiger partial charge in [-0.05, 0) is 36.4 Å². The van der Waals surface area contributed by atoms with Crippen molar-refractivity contribution >= 4 is 27.0 Å². The number of hydrogen-bond donors (Lipinski definition) is 0. The maximum atomic E-state index is 12.8. The normalized spacial score (nSPS) is 11.0. The van der Waals surface area contributed by atoms with Crippen molar-refractivity contribution < 1.29 is 12.8 Å². The molecule has 0 atom stereocenters. The Kier molecular flexibility index (Phi) is 3.55. The molecule has 0 unspecified atom stereocenters. The van der Waals surface area contributed by atoms with Gasteiger partial charge in [0.15, 0.2) is 0 Å². The molecule has 1 heterocycles. The maximum Gasteiger partial charge on any atom is 0.273 e. The standard InChI is InChI=1S/C12H9FN2O2S2/c1-15(10-4-2-9(13)3-5-10)19(16,17)12-7-6-11(8-14)18-12/h2-7H,1H3. The molecular formula is C12H9FN2O2S2. The number of nitriles is 1. The van der Waals surface area contributed by atoms with Gasteiger partial charge in [0.1, 0.15) is 21.0 Å². The van der Waals surface area contributed by atoms with Gasteiger partial charge in [0.25, 0.3) is 10.0 Å². The van der Waals surface area contributed by atoms with Crippen LogP contribution in [0.15, 0.2) is 40.6 Å². The zero-order chi connectivity index (χ0) is 14.0. The third-order valence-corrected chi connectivity index (χ3v) is 5.74. The van der Waals surface area contributed by atoms with E-state index in [9.17, 15) is 12.8 Å². The molecule has 2 rings (SSSR count). The van der Waals surface area contributed by atoms with Crippen LogP contribution in [0.2, 0.25) is 0 Å². The van der Waals surface area contributed by atoms with E-state index in [-0.39, 0.29) is 4.21 Å². The highest BCUT2D eigenvalue weighted by molar-refractivity contribution is 7.94. The molecule has 7 heteroatoms. The van der Waals surface area contributed by atoms with Crippen molar-refractivity contribution in [2.24, 2.45) is 0 Å². The molecule has 19 heavy (non-hydrogen) atoms. The summed E-state index contributed by atoms with van der Waals surface area (Å²) in [6.07, 6.45) is 0. The van der Waals surface area contributed by atoms with E-state index in [1.165, 1.54) is 43.4 Å². The molecule has 0 fully saturated rings. The van der Waals surface area contributed by atoms with Crippen LogP contribution in [0.5, 0.6) is 0 Å². The minimum atomic E-state index is -3.72. The Morgan fingerprint density at radius 2 is 1.84 bits per heavy atom. The summed E-state index contributed by atoms with van der Waals surface area (Å²) in [5.41, 5.74) is 0.355. The van der Waals surface area contributed by atoms with Crippen LogP contribution in [0.25, 0.3) is 0 Å². The van der Waals surface area contributed by atoms with Crippen molar-refractivity contribution in [2.45, 2.75) is 4.21 Å². The van der Waals surface area contributed by atoms with Crippen LogP contribution in [0.4, 0.5) is 10.1 Å². The van der Waals surface area contributed by atoms with Crippen LogP contribution in [0.3, 0.4) is 0 Å². The molecule has 0 aliphatic heterocycles. The van der Waals surface area contributed by atoms with Gasteiger partial charge < -0.3 is 0 Å². The molecule has 0 saturated heterocycles. The molecule has 1 aromatic heterocycles. The van der Waals surface area contributed by atoms with Crippen LogP contribution < -0.4 is 4.31 Å². The minimum Gasteiger partial charge on any atom is -0.269 e. The van der Waals surface area contributed by atoms with Gasteiger partial charge in [-0.25, -0.2) is 12.8 Å². The molecule has 0 N–H and O–H groups in total. The summed E-state index contributed by atoms with van der Waals surface area (Å²) in [7, 11) is -2.33. The van der Waals surface area contributed by atoms with E-state index in [0.717, 1.165) is 15.6 Å². The van der Waals surface area contributed by atoms with Gasteiger partial charge in [0, 0.05) is 7.05 Å². The van der Waals surface area contributed by atoms with Gasteiger partial charge in [-0.15, -0.1) is 11.3 Å². The lowest BCUT2D eigenvalue weighted by molar-refractivity contribution is 0.596. The molecule has 0 aliphatic carbocycles. The number of sulfonamides is 1. The largest absolute Gasteiger partial charge is 0.273 e. The fraction of sp³-hybridized carbons (Fsp3) is 0.0833. The summed E-state index contributed by atoms with van der Waals surface area (Å²) in [6.45, 7) is 0. The first-order chi connectivity index (χ1) is 8.95. The molecule has 4 nitrogen and oxygen atoms in total. The number of hydrogen-bond acceptors (Lipinski definition) is 4. The lowest BCUT2D eigenvalue weighted by Gasteiger charge is -2.18. The second-order valence-electron chi connectivity index (χ2n) is 3.68. The SMILES string of the molecule is CN(c1ccc(F)cc1)S(=O)(=O)c1ccc(C#N)s1. The first-order valence-corrected chi connectivity index (χ1v) is 7.45. The fourth-order valence-electron chi connectivity index (χ4n) is 1.44. The van der Waals surface area contributed by atoms with E-state index in [2.05, 4.69) is 0 Å². The third kappa shape index (κ3) is 2.59. The quantitative estimate of drug-likeness (QED) is 0.874. The number of anilines is 1. The fourth-order valence-corrected chi connectivity index (χ4v) is 3.91. The molecule has 0 radical (unpaired) electrons. The van der Waals surface area contributed by atoms with Crippen molar-refractivity contribution in [3.05, 3.63) is 47.1 Å². The molecule has 0 aliphatic rings. The molecule has 2 aromatic rings. The number of halogens is 1. The smallest absolute Gasteiger partial charge is 0.269 e. The first-order valence-electron chi connectivity index (χ1n) is 5.19. The monoisotopic (exact) mass is 296 g/mol. The van der Waals surface area contributed by atoms with Gasteiger partial charge in [-0.2, -0.15) is 5.26 Å². The Morgan fingerprint density at radius 1 is 1.21 bits per heavy atom. The van der Waals surface area contributed by atoms with Crippen molar-refractivity contribution in [2.75, 3.05) is 11.4 Å². The highest BCUT2D eigenvalue weighted by Crippen LogP contribution is 2.27. The Balaban J connectivity index is 2.39. The van der Waals surface area contributed by atoms with Gasteiger partial charge in [-0.3, -0.25) is 4.31 Å². The molecule has 0 spiro atoms. The zero-order valence-corrected chi connectivity index (χ0v) is 11.5. The second-order valence-corrected chi connectivity index (χ2v) is 6.96. The van der Waals surface area contributed by atoms with Crippen molar-refractivity contribution in [3.63, 3.8) is 0 Å². The van der Waals surface area contributed by atoms with Crippen LogP contribution in [-0.4, -0.2) is 15.5 Å². The molecule has 98 valence electrons. The minimum absolute atomic E-state index is 0.0795. The van der Waals surface area contributed by atoms with E-state index in [1.807, 2.05) is 6.07 Å². The Bertz CT molecular complexity index is 730. The van der Waals surface area contributed by atoms with Gasteiger partial charge in [-0.1, -0.05) is 0 Å². The number of rotatable bonds is 3. The molecule has 0 bridgehead atoms. The highest BCUT2D eigenvalue weighted by atomic mass is 32.2. The summed E-state index contributed by atoms with van der Waals surface area (Å²) in [4.78, 5) is 0.325. The van der Waals surface area contributed by atoms with Crippen LogP contribution in [-0.2, 0) is 10.0 Å². The Hall–Kier alpha value is -1.91. The summed E-state index contributed by atoms with van der Waals surface area (Å²) < 4.78 is 38.5. The maximum absolute atomic E-state index is 12.8. The number of benzene rings is 1. The predicted octanol–water partition coefficient (Wildman–Crippen LogP) is 2.58. The lowest BCUT2D eigenvalue weighted by atomic mass is 10.3. The van der Waals surface area contributed by atoms with Gasteiger partial charge >= 0.3 is 0 Å². The van der Waals surface area contributed by atoms with E-state index in [4.69, 9.17) is 5.26 Å². The molecule has 1 aromatic carbocycles. The van der Waals surface area contributed by atoms with Crippen LogP contribution in [0, 0.1) is 17.1 Å². The predicted molar refractivity (Wildman–Crippen MR) is 71.0 cm³/mol. The van der Waals surface area contributed by atoms with E-state index in [0.29, 0.717) is 10.6 Å². The number of thiophene rings is 1. The van der Waals surface area contributed by atoms with Crippen molar-refractivity contribution in [3.8, 4) is 6.07 Å². The van der Waals surface area contributed by atoms with Crippen LogP contribution in [0.1, 0.15) is 4.88 Å². The van der Waals surface area contributed by atoms with Crippen molar-refractivity contribution in [1.82, 2.24) is 0 Å². The van der Waals surface area contributed by atoms with E-state index in [1.54, 1.807) is 0 Å². The lowest BCUT2D eigenvalue weighted by Crippen LogP contribution is -2.25. The summed E-state index contributed by atoms with van der Waals surface area (Å²) in [5.74, 6) is -0.433. The Labute approximate surface area is 114 Å². The topological polar surface area (TPSA) is 61.2 Å². The molecular weight excluding hydrogens is 287 g/mol. The average Bonchev–Trinajstić information content (AvgIpc) is 2.88. The van der Waals surface area contributed by atoms with Gasteiger partial charge in [0.05, 0.1) is 5.69 Å². The van der Waals surface area contributed by atoms with Gasteiger partial charge in [0.2, 0.25) is 0 Å². The molecule has 0 amide bonds. The van der Waals surface area contributed by atoms with E-state index >= 15 is 0 Å². The summed E-state index contributed by atoms with van der Waals surface area (Å²) >= 11 is 0.901. The average molecular weight is 296 g/mol. The third-order valence-electron chi connectivity index (χ3n) is 2.50. The Morgan fingerprint density at radius 3 is 2.37 bits per heavy atom. The highest BCUT2D eigenvalue weighted by Gasteiger charge is 2.23. The summed E-state index contributed by atoms with van der Waals surface area (Å²) in [6, 6.07) is 9.88.